The van der Waals surface area contributed by atoms with Gasteiger partial charge in [-0.3, -0.25) is 0 Å². The van der Waals surface area contributed by atoms with Crippen molar-refractivity contribution in [3.05, 3.63) is 30.3 Å². The van der Waals surface area contributed by atoms with Crippen molar-refractivity contribution in [2.75, 3.05) is 32.9 Å². The molecule has 2 N–H and O–H groups in total. The molecule has 0 aliphatic heterocycles. The van der Waals surface area contributed by atoms with E-state index in [-0.39, 0.29) is 0 Å². The SMILES string of the molecule is CCCCOCC(O)CNCCOc1ccccc1. The molecule has 0 heterocycles. The molecule has 0 aliphatic rings. The molecule has 0 aliphatic carbocycles. The zero-order valence-corrected chi connectivity index (χ0v) is 11.7. The molecule has 0 bridgehead atoms. The van der Waals surface area contributed by atoms with Crippen LogP contribution in [-0.4, -0.2) is 44.1 Å². The summed E-state index contributed by atoms with van der Waals surface area (Å²) in [5.74, 6) is 0.868. The van der Waals surface area contributed by atoms with Gasteiger partial charge in [-0.25, -0.2) is 0 Å². The normalized spacial score (nSPS) is 12.3. The van der Waals surface area contributed by atoms with E-state index in [2.05, 4.69) is 12.2 Å². The van der Waals surface area contributed by atoms with E-state index in [9.17, 15) is 5.11 Å². The van der Waals surface area contributed by atoms with E-state index in [0.29, 0.717) is 26.3 Å². The van der Waals surface area contributed by atoms with Gasteiger partial charge in [0.15, 0.2) is 0 Å². The third-order valence-corrected chi connectivity index (χ3v) is 2.62. The third kappa shape index (κ3) is 8.59. The van der Waals surface area contributed by atoms with Crippen LogP contribution in [-0.2, 0) is 4.74 Å². The van der Waals surface area contributed by atoms with Crippen molar-refractivity contribution in [1.82, 2.24) is 5.32 Å². The van der Waals surface area contributed by atoms with E-state index in [4.69, 9.17) is 9.47 Å². The predicted molar refractivity (Wildman–Crippen MR) is 76.5 cm³/mol. The first kappa shape index (κ1) is 16.0. The lowest BCUT2D eigenvalue weighted by Gasteiger charge is -2.12. The summed E-state index contributed by atoms with van der Waals surface area (Å²) in [6, 6.07) is 9.70. The van der Waals surface area contributed by atoms with Gasteiger partial charge in [0.2, 0.25) is 0 Å². The molecule has 108 valence electrons. The maximum absolute atomic E-state index is 9.64. The Bertz CT molecular complexity index is 306. The Morgan fingerprint density at radius 3 is 2.74 bits per heavy atom. The third-order valence-electron chi connectivity index (χ3n) is 2.62. The van der Waals surface area contributed by atoms with Gasteiger partial charge in [-0.1, -0.05) is 31.5 Å². The number of aliphatic hydroxyl groups excluding tert-OH is 1. The van der Waals surface area contributed by atoms with Crippen LogP contribution in [0.1, 0.15) is 19.8 Å². The molecule has 1 aromatic carbocycles. The second kappa shape index (κ2) is 10.8. The summed E-state index contributed by atoms with van der Waals surface area (Å²) in [5, 5.41) is 12.8. The average molecular weight is 267 g/mol. The Morgan fingerprint density at radius 2 is 2.00 bits per heavy atom. The standard InChI is InChI=1S/C15H25NO3/c1-2-3-10-18-13-14(17)12-16-9-11-19-15-7-5-4-6-8-15/h4-8,14,16-17H,2-3,9-13H2,1H3. The number of benzene rings is 1. The zero-order valence-electron chi connectivity index (χ0n) is 11.7. The van der Waals surface area contributed by atoms with E-state index < -0.39 is 6.10 Å². The first-order chi connectivity index (χ1) is 9.33. The maximum Gasteiger partial charge on any atom is 0.119 e. The van der Waals surface area contributed by atoms with Crippen LogP contribution in [0.4, 0.5) is 0 Å². The van der Waals surface area contributed by atoms with Gasteiger partial charge < -0.3 is 19.9 Å². The van der Waals surface area contributed by atoms with E-state index in [1.54, 1.807) is 0 Å². The lowest BCUT2D eigenvalue weighted by molar-refractivity contribution is 0.0356. The van der Waals surface area contributed by atoms with E-state index in [1.165, 1.54) is 0 Å². The molecule has 0 spiro atoms. The first-order valence-electron chi connectivity index (χ1n) is 6.97. The Hall–Kier alpha value is -1.10. The van der Waals surface area contributed by atoms with Crippen molar-refractivity contribution >= 4 is 0 Å². The molecule has 4 heteroatoms. The monoisotopic (exact) mass is 267 g/mol. The summed E-state index contributed by atoms with van der Waals surface area (Å²) >= 11 is 0. The fourth-order valence-electron chi connectivity index (χ4n) is 1.55. The van der Waals surface area contributed by atoms with Crippen LogP contribution in [0, 0.1) is 0 Å². The Kier molecular flexibility index (Phi) is 9.06. The van der Waals surface area contributed by atoms with Crippen LogP contribution in [0.3, 0.4) is 0 Å². The van der Waals surface area contributed by atoms with Gasteiger partial charge >= 0.3 is 0 Å². The van der Waals surface area contributed by atoms with Crippen molar-refractivity contribution in [3.63, 3.8) is 0 Å². The lowest BCUT2D eigenvalue weighted by Crippen LogP contribution is -2.33. The smallest absolute Gasteiger partial charge is 0.119 e. The van der Waals surface area contributed by atoms with E-state index in [0.717, 1.165) is 25.2 Å². The minimum absolute atomic E-state index is 0.395. The van der Waals surface area contributed by atoms with Crippen LogP contribution in [0.15, 0.2) is 30.3 Å². The number of unbranched alkanes of at least 4 members (excludes halogenated alkanes) is 1. The van der Waals surface area contributed by atoms with Crippen LogP contribution in [0.2, 0.25) is 0 Å². The molecule has 0 saturated carbocycles. The van der Waals surface area contributed by atoms with Gasteiger partial charge in [-0.05, 0) is 18.6 Å². The molecule has 4 nitrogen and oxygen atoms in total. The highest BCUT2D eigenvalue weighted by Gasteiger charge is 2.03. The molecule has 0 radical (unpaired) electrons. The fraction of sp³-hybridized carbons (Fsp3) is 0.600. The summed E-state index contributed by atoms with van der Waals surface area (Å²) in [6.07, 6.45) is 1.71. The van der Waals surface area contributed by atoms with E-state index in [1.807, 2.05) is 30.3 Å². The largest absolute Gasteiger partial charge is 0.492 e. The highest BCUT2D eigenvalue weighted by molar-refractivity contribution is 5.20. The summed E-state index contributed by atoms with van der Waals surface area (Å²) in [5.41, 5.74) is 0. The van der Waals surface area contributed by atoms with Gasteiger partial charge in [0.05, 0.1) is 12.7 Å². The van der Waals surface area contributed by atoms with Crippen LogP contribution >= 0.6 is 0 Å². The highest BCUT2D eigenvalue weighted by Crippen LogP contribution is 2.07. The summed E-state index contributed by atoms with van der Waals surface area (Å²) in [7, 11) is 0. The molecule has 0 saturated heterocycles. The maximum atomic E-state index is 9.64. The first-order valence-corrected chi connectivity index (χ1v) is 6.97. The number of para-hydroxylation sites is 1. The van der Waals surface area contributed by atoms with Gasteiger partial charge in [0, 0.05) is 19.7 Å². The average Bonchev–Trinajstić information content (AvgIpc) is 2.44. The van der Waals surface area contributed by atoms with Gasteiger partial charge in [-0.15, -0.1) is 0 Å². The summed E-state index contributed by atoms with van der Waals surface area (Å²) < 4.78 is 10.9. The van der Waals surface area contributed by atoms with E-state index >= 15 is 0 Å². The second-order valence-electron chi connectivity index (χ2n) is 4.45. The lowest BCUT2D eigenvalue weighted by atomic mass is 10.3. The van der Waals surface area contributed by atoms with Crippen molar-refractivity contribution < 1.29 is 14.6 Å². The number of hydrogen-bond donors (Lipinski definition) is 2. The Labute approximate surface area is 115 Å². The summed E-state index contributed by atoms with van der Waals surface area (Å²) in [6.45, 7) is 5.07. The molecule has 0 aromatic heterocycles. The van der Waals surface area contributed by atoms with Crippen molar-refractivity contribution in [2.24, 2.45) is 0 Å². The van der Waals surface area contributed by atoms with Crippen molar-refractivity contribution in [1.29, 1.82) is 0 Å². The fourth-order valence-corrected chi connectivity index (χ4v) is 1.55. The molecule has 1 aromatic rings. The van der Waals surface area contributed by atoms with Gasteiger partial charge in [0.25, 0.3) is 0 Å². The zero-order chi connectivity index (χ0) is 13.8. The molecule has 1 atom stereocenters. The molecule has 1 unspecified atom stereocenters. The Balaban J connectivity index is 1.92. The minimum atomic E-state index is -0.450. The molecule has 0 amide bonds. The topological polar surface area (TPSA) is 50.7 Å². The number of hydrogen-bond acceptors (Lipinski definition) is 4. The Morgan fingerprint density at radius 1 is 1.21 bits per heavy atom. The van der Waals surface area contributed by atoms with Gasteiger partial charge in [-0.2, -0.15) is 0 Å². The molecular weight excluding hydrogens is 242 g/mol. The molecular formula is C15H25NO3. The number of aliphatic hydroxyl groups is 1. The summed E-state index contributed by atoms with van der Waals surface area (Å²) in [4.78, 5) is 0. The van der Waals surface area contributed by atoms with Crippen molar-refractivity contribution in [2.45, 2.75) is 25.9 Å². The number of ether oxygens (including phenoxy) is 2. The van der Waals surface area contributed by atoms with Crippen molar-refractivity contribution in [3.8, 4) is 5.75 Å². The molecule has 19 heavy (non-hydrogen) atoms. The highest BCUT2D eigenvalue weighted by atomic mass is 16.5. The van der Waals surface area contributed by atoms with Crippen LogP contribution in [0.5, 0.6) is 5.75 Å². The van der Waals surface area contributed by atoms with Crippen LogP contribution < -0.4 is 10.1 Å². The van der Waals surface area contributed by atoms with Crippen LogP contribution in [0.25, 0.3) is 0 Å². The minimum Gasteiger partial charge on any atom is -0.492 e. The molecule has 0 fully saturated rings. The second-order valence-corrected chi connectivity index (χ2v) is 4.45. The predicted octanol–water partition coefficient (Wildman–Crippen LogP) is 1.83. The van der Waals surface area contributed by atoms with Gasteiger partial charge in [0.1, 0.15) is 12.4 Å². The number of rotatable bonds is 11. The number of nitrogens with one attached hydrogen (secondary N) is 1. The molecule has 1 rings (SSSR count). The quantitative estimate of drug-likeness (QED) is 0.601.